The normalized spacial score (nSPS) is 14.2. The van der Waals surface area contributed by atoms with E-state index in [2.05, 4.69) is 15.1 Å². The molecule has 6 nitrogen and oxygen atoms in total. The van der Waals surface area contributed by atoms with E-state index in [1.807, 2.05) is 36.6 Å². The Kier molecular flexibility index (Phi) is 7.05. The van der Waals surface area contributed by atoms with Crippen molar-refractivity contribution in [1.29, 1.82) is 0 Å². The summed E-state index contributed by atoms with van der Waals surface area (Å²) in [5.74, 6) is -0.901. The predicted molar refractivity (Wildman–Crippen MR) is 130 cm³/mol. The molecule has 3 aromatic rings. The number of hydrogen-bond donors (Lipinski definition) is 1. The lowest BCUT2D eigenvalue weighted by atomic mass is 10.0. The van der Waals surface area contributed by atoms with E-state index in [1.54, 1.807) is 12.1 Å². The number of ether oxygens (including phenoxy) is 1. The summed E-state index contributed by atoms with van der Waals surface area (Å²) in [5.41, 5.74) is 4.12. The monoisotopic (exact) mass is 467 g/mol. The first-order chi connectivity index (χ1) is 15.9. The largest absolute Gasteiger partial charge is 0.465 e. The zero-order valence-electron chi connectivity index (χ0n) is 18.6. The molecule has 1 amide bonds. The minimum Gasteiger partial charge on any atom is -0.465 e. The van der Waals surface area contributed by atoms with Crippen molar-refractivity contribution in [3.63, 3.8) is 0 Å². The number of piperazine rings is 1. The van der Waals surface area contributed by atoms with Gasteiger partial charge in [0.05, 0.1) is 13.7 Å². The van der Waals surface area contributed by atoms with Crippen molar-refractivity contribution in [2.75, 3.05) is 50.1 Å². The van der Waals surface area contributed by atoms with E-state index >= 15 is 0 Å². The molecule has 0 bridgehead atoms. The molecular weight excluding hydrogens is 441 g/mol. The first-order valence-electron chi connectivity index (χ1n) is 10.7. The molecule has 0 saturated carbocycles. The Hall–Kier alpha value is -3.23. The van der Waals surface area contributed by atoms with Crippen LogP contribution in [0.4, 0.5) is 15.1 Å². The zero-order valence-corrected chi connectivity index (χ0v) is 19.5. The van der Waals surface area contributed by atoms with Crippen molar-refractivity contribution >= 4 is 33.9 Å². The number of esters is 1. The summed E-state index contributed by atoms with van der Waals surface area (Å²) in [5, 5.41) is 5.27. The summed E-state index contributed by atoms with van der Waals surface area (Å²) in [7, 11) is 1.34. The van der Waals surface area contributed by atoms with E-state index in [-0.39, 0.29) is 18.3 Å². The number of halogens is 1. The molecule has 0 atom stereocenters. The molecule has 172 valence electrons. The van der Waals surface area contributed by atoms with Crippen molar-refractivity contribution < 1.29 is 18.7 Å². The Labute approximate surface area is 196 Å². The number of rotatable bonds is 6. The van der Waals surface area contributed by atoms with Gasteiger partial charge in [-0.1, -0.05) is 29.8 Å². The number of carbonyl (C=O) groups is 2. The molecule has 2 aromatic carbocycles. The van der Waals surface area contributed by atoms with Gasteiger partial charge in [0.1, 0.15) is 16.4 Å². The van der Waals surface area contributed by atoms with Crippen LogP contribution >= 0.6 is 11.3 Å². The molecule has 0 spiro atoms. The van der Waals surface area contributed by atoms with Gasteiger partial charge in [0.15, 0.2) is 0 Å². The highest BCUT2D eigenvalue weighted by Crippen LogP contribution is 2.36. The van der Waals surface area contributed by atoms with Gasteiger partial charge < -0.3 is 15.0 Å². The summed E-state index contributed by atoms with van der Waals surface area (Å²) < 4.78 is 18.1. The molecule has 4 rings (SSSR count). The second-order valence-electron chi connectivity index (χ2n) is 8.00. The average Bonchev–Trinajstić information content (AvgIpc) is 3.23. The number of nitrogens with one attached hydrogen (secondary N) is 1. The highest BCUT2D eigenvalue weighted by Gasteiger charge is 2.24. The second-order valence-corrected chi connectivity index (χ2v) is 8.88. The van der Waals surface area contributed by atoms with Crippen molar-refractivity contribution in [1.82, 2.24) is 4.90 Å². The standard InChI is InChI=1S/C25H26FN3O3S/c1-17-3-5-18(6-4-17)21-16-33-24(23(21)25(31)32-2)27-22(30)15-28-11-13-29(14-12-28)20-9-7-19(26)8-10-20/h3-10,16H,11-15H2,1-2H3,(H,27,30). The maximum atomic E-state index is 13.2. The van der Waals surface area contributed by atoms with Gasteiger partial charge >= 0.3 is 5.97 Å². The summed E-state index contributed by atoms with van der Waals surface area (Å²) in [6.45, 7) is 5.17. The summed E-state index contributed by atoms with van der Waals surface area (Å²) in [4.78, 5) is 29.5. The van der Waals surface area contributed by atoms with Gasteiger partial charge in [0.2, 0.25) is 5.91 Å². The molecular formula is C25H26FN3O3S. The lowest BCUT2D eigenvalue weighted by Gasteiger charge is -2.35. The highest BCUT2D eigenvalue weighted by atomic mass is 32.1. The van der Waals surface area contributed by atoms with Crippen LogP contribution in [0.3, 0.4) is 0 Å². The van der Waals surface area contributed by atoms with E-state index in [9.17, 15) is 14.0 Å². The van der Waals surface area contributed by atoms with Gasteiger partial charge in [-0.3, -0.25) is 9.69 Å². The predicted octanol–water partition coefficient (Wildman–Crippen LogP) is 4.41. The van der Waals surface area contributed by atoms with E-state index in [4.69, 9.17) is 4.74 Å². The van der Waals surface area contributed by atoms with Crippen LogP contribution in [0, 0.1) is 12.7 Å². The third-order valence-electron chi connectivity index (χ3n) is 5.73. The fraction of sp³-hybridized carbons (Fsp3) is 0.280. The molecule has 0 aliphatic carbocycles. The van der Waals surface area contributed by atoms with Crippen molar-refractivity contribution in [2.45, 2.75) is 6.92 Å². The van der Waals surface area contributed by atoms with Crippen LogP contribution in [-0.2, 0) is 9.53 Å². The molecule has 2 heterocycles. The molecule has 8 heteroatoms. The van der Waals surface area contributed by atoms with Crippen LogP contribution in [-0.4, -0.2) is 56.6 Å². The first kappa shape index (κ1) is 22.9. The van der Waals surface area contributed by atoms with E-state index in [0.29, 0.717) is 23.7 Å². The number of methoxy groups -OCH3 is 1. The summed E-state index contributed by atoms with van der Waals surface area (Å²) in [6, 6.07) is 14.3. The number of nitrogens with zero attached hydrogens (tertiary/aromatic N) is 2. The number of amides is 1. The quantitative estimate of drug-likeness (QED) is 0.544. The van der Waals surface area contributed by atoms with Gasteiger partial charge in [-0.15, -0.1) is 11.3 Å². The van der Waals surface area contributed by atoms with Gasteiger partial charge in [0, 0.05) is 42.8 Å². The van der Waals surface area contributed by atoms with E-state index in [0.717, 1.165) is 35.5 Å². The van der Waals surface area contributed by atoms with Gasteiger partial charge in [-0.2, -0.15) is 0 Å². The van der Waals surface area contributed by atoms with Crippen molar-refractivity contribution in [3.8, 4) is 11.1 Å². The van der Waals surface area contributed by atoms with Crippen molar-refractivity contribution in [3.05, 3.63) is 70.9 Å². The minimum atomic E-state index is -0.477. The van der Waals surface area contributed by atoms with Crippen LogP contribution in [0.15, 0.2) is 53.9 Å². The summed E-state index contributed by atoms with van der Waals surface area (Å²) >= 11 is 1.32. The first-order valence-corrected chi connectivity index (χ1v) is 11.6. The lowest BCUT2D eigenvalue weighted by Crippen LogP contribution is -2.48. The highest BCUT2D eigenvalue weighted by molar-refractivity contribution is 7.15. The Bertz CT molecular complexity index is 1120. The fourth-order valence-corrected chi connectivity index (χ4v) is 4.86. The topological polar surface area (TPSA) is 61.9 Å². The zero-order chi connectivity index (χ0) is 23.4. The third kappa shape index (κ3) is 5.40. The molecule has 1 aliphatic rings. The Morgan fingerprint density at radius 3 is 2.33 bits per heavy atom. The summed E-state index contributed by atoms with van der Waals surface area (Å²) in [6.07, 6.45) is 0. The molecule has 1 saturated heterocycles. The SMILES string of the molecule is COC(=O)c1c(-c2ccc(C)cc2)csc1NC(=O)CN1CCN(c2ccc(F)cc2)CC1. The molecule has 1 fully saturated rings. The van der Waals surface area contributed by atoms with Crippen LogP contribution < -0.4 is 10.2 Å². The molecule has 1 N–H and O–H groups in total. The molecule has 1 aliphatic heterocycles. The Morgan fingerprint density at radius 2 is 1.70 bits per heavy atom. The Morgan fingerprint density at radius 1 is 1.03 bits per heavy atom. The van der Waals surface area contributed by atoms with E-state index < -0.39 is 5.97 Å². The number of carbonyl (C=O) groups excluding carboxylic acids is 2. The van der Waals surface area contributed by atoms with Gasteiger partial charge in [-0.25, -0.2) is 9.18 Å². The second kappa shape index (κ2) is 10.1. The molecule has 0 radical (unpaired) electrons. The lowest BCUT2D eigenvalue weighted by molar-refractivity contribution is -0.117. The number of anilines is 2. The van der Waals surface area contributed by atoms with Crippen LogP contribution in [0.25, 0.3) is 11.1 Å². The third-order valence-corrected chi connectivity index (χ3v) is 6.62. The fourth-order valence-electron chi connectivity index (χ4n) is 3.89. The van der Waals surface area contributed by atoms with Crippen LogP contribution in [0.5, 0.6) is 0 Å². The molecule has 33 heavy (non-hydrogen) atoms. The smallest absolute Gasteiger partial charge is 0.341 e. The number of benzene rings is 2. The number of thiophene rings is 1. The Balaban J connectivity index is 1.40. The maximum absolute atomic E-state index is 13.2. The molecule has 0 unspecified atom stereocenters. The van der Waals surface area contributed by atoms with Crippen LogP contribution in [0.2, 0.25) is 0 Å². The van der Waals surface area contributed by atoms with E-state index in [1.165, 1.54) is 30.6 Å². The van der Waals surface area contributed by atoms with Gasteiger partial charge in [0.25, 0.3) is 0 Å². The number of aryl methyl sites for hydroxylation is 1. The van der Waals surface area contributed by atoms with Crippen molar-refractivity contribution in [2.24, 2.45) is 0 Å². The van der Waals surface area contributed by atoms with Gasteiger partial charge in [-0.05, 0) is 36.8 Å². The molecule has 1 aromatic heterocycles. The average molecular weight is 468 g/mol. The van der Waals surface area contributed by atoms with Crippen LogP contribution in [0.1, 0.15) is 15.9 Å². The minimum absolute atomic E-state index is 0.173. The number of hydrogen-bond acceptors (Lipinski definition) is 6. The maximum Gasteiger partial charge on any atom is 0.341 e.